The first-order valence-electron chi connectivity index (χ1n) is 5.20. The minimum absolute atomic E-state index is 0.0342. The lowest BCUT2D eigenvalue weighted by Gasteiger charge is -2.06. The van der Waals surface area contributed by atoms with Gasteiger partial charge in [0.25, 0.3) is 11.1 Å². The molecule has 1 fully saturated rings. The van der Waals surface area contributed by atoms with Gasteiger partial charge in [0.05, 0.1) is 11.4 Å². The molecule has 1 N–H and O–H groups in total. The average molecular weight is 338 g/mol. The Morgan fingerprint density at radius 3 is 2.89 bits per heavy atom. The van der Waals surface area contributed by atoms with E-state index in [-0.39, 0.29) is 17.2 Å². The lowest BCUT2D eigenvalue weighted by Crippen LogP contribution is -2.28. The fraction of sp³-hybridized carbons (Fsp3) is 0.0769. The summed E-state index contributed by atoms with van der Waals surface area (Å²) < 4.78 is 0.763. The van der Waals surface area contributed by atoms with E-state index in [4.69, 9.17) is 6.42 Å². The number of thioether (sulfide) groups is 1. The number of carbonyl (C=O) groups is 2. The molecule has 1 aliphatic rings. The molecular formula is C13H8BrNO3S. The number of hydrogen-bond donors (Lipinski definition) is 1. The van der Waals surface area contributed by atoms with Gasteiger partial charge in [0.1, 0.15) is 5.75 Å². The van der Waals surface area contributed by atoms with E-state index in [1.165, 1.54) is 12.1 Å². The van der Waals surface area contributed by atoms with Gasteiger partial charge >= 0.3 is 0 Å². The molecule has 0 unspecified atom stereocenters. The third kappa shape index (κ3) is 2.83. The van der Waals surface area contributed by atoms with Gasteiger partial charge in [-0.3, -0.25) is 14.5 Å². The van der Waals surface area contributed by atoms with Crippen LogP contribution in [0.5, 0.6) is 5.75 Å². The number of carbonyl (C=O) groups excluding carboxylic acids is 2. The third-order valence-corrected chi connectivity index (χ3v) is 3.80. The number of aromatic hydroxyl groups is 1. The highest BCUT2D eigenvalue weighted by Gasteiger charge is 2.34. The van der Waals surface area contributed by atoms with Gasteiger partial charge in [-0.05, 0) is 36.0 Å². The number of phenols is 1. The van der Waals surface area contributed by atoms with Crippen LogP contribution in [0, 0.1) is 12.3 Å². The van der Waals surface area contributed by atoms with E-state index in [0.717, 1.165) is 21.1 Å². The lowest BCUT2D eigenvalue weighted by atomic mass is 10.2. The molecule has 0 bridgehead atoms. The van der Waals surface area contributed by atoms with Crippen molar-refractivity contribution in [3.05, 3.63) is 33.1 Å². The normalized spacial score (nSPS) is 17.1. The fourth-order valence-electron chi connectivity index (χ4n) is 1.51. The molecule has 0 spiro atoms. The Kier molecular flexibility index (Phi) is 3.98. The van der Waals surface area contributed by atoms with Crippen molar-refractivity contribution in [2.24, 2.45) is 0 Å². The number of hydrogen-bond acceptors (Lipinski definition) is 4. The van der Waals surface area contributed by atoms with Crippen molar-refractivity contribution < 1.29 is 14.7 Å². The van der Waals surface area contributed by atoms with E-state index in [2.05, 4.69) is 21.9 Å². The molecule has 1 aliphatic heterocycles. The summed E-state index contributed by atoms with van der Waals surface area (Å²) in [5, 5.41) is 9.30. The first-order valence-corrected chi connectivity index (χ1v) is 6.81. The zero-order valence-electron chi connectivity index (χ0n) is 9.59. The van der Waals surface area contributed by atoms with Gasteiger partial charge in [0.2, 0.25) is 0 Å². The summed E-state index contributed by atoms with van der Waals surface area (Å²) in [6.07, 6.45) is 6.58. The van der Waals surface area contributed by atoms with Gasteiger partial charge in [0, 0.05) is 10.0 Å². The molecule has 1 heterocycles. The third-order valence-electron chi connectivity index (χ3n) is 2.40. The average Bonchev–Trinajstić information content (AvgIpc) is 2.62. The van der Waals surface area contributed by atoms with E-state index in [1.54, 1.807) is 12.1 Å². The van der Waals surface area contributed by atoms with Crippen LogP contribution in [0.15, 0.2) is 27.6 Å². The Balaban J connectivity index is 2.35. The monoisotopic (exact) mass is 337 g/mol. The molecule has 19 heavy (non-hydrogen) atoms. The molecule has 4 nitrogen and oxygen atoms in total. The van der Waals surface area contributed by atoms with Crippen LogP contribution >= 0.6 is 27.7 Å². The van der Waals surface area contributed by atoms with E-state index in [1.807, 2.05) is 0 Å². The second-order valence-corrected chi connectivity index (χ2v) is 5.58. The zero-order chi connectivity index (χ0) is 14.0. The van der Waals surface area contributed by atoms with Gasteiger partial charge in [-0.25, -0.2) is 0 Å². The van der Waals surface area contributed by atoms with Gasteiger partial charge in [-0.2, -0.15) is 0 Å². The van der Waals surface area contributed by atoms with Crippen LogP contribution < -0.4 is 0 Å². The number of nitrogens with zero attached hydrogens (tertiary/aromatic N) is 1. The second kappa shape index (κ2) is 5.51. The molecule has 0 aliphatic carbocycles. The van der Waals surface area contributed by atoms with Crippen LogP contribution in [-0.4, -0.2) is 27.7 Å². The Morgan fingerprint density at radius 1 is 1.47 bits per heavy atom. The molecule has 2 amide bonds. The number of imide groups is 1. The second-order valence-electron chi connectivity index (χ2n) is 3.68. The summed E-state index contributed by atoms with van der Waals surface area (Å²) in [4.78, 5) is 24.8. The van der Waals surface area contributed by atoms with Crippen LogP contribution in [0.25, 0.3) is 6.08 Å². The molecule has 1 aromatic rings. The van der Waals surface area contributed by atoms with E-state index >= 15 is 0 Å². The molecule has 6 heteroatoms. The molecule has 0 aromatic heterocycles. The highest BCUT2D eigenvalue weighted by Crippen LogP contribution is 2.34. The Morgan fingerprint density at radius 2 is 2.21 bits per heavy atom. The molecule has 2 rings (SSSR count). The van der Waals surface area contributed by atoms with Crippen molar-refractivity contribution in [1.82, 2.24) is 4.90 Å². The Labute approximate surface area is 122 Å². The maximum atomic E-state index is 11.9. The topological polar surface area (TPSA) is 57.6 Å². The van der Waals surface area contributed by atoms with Crippen LogP contribution in [-0.2, 0) is 4.79 Å². The van der Waals surface area contributed by atoms with Crippen LogP contribution in [0.4, 0.5) is 4.79 Å². The summed E-state index contributed by atoms with van der Waals surface area (Å²) in [6, 6.07) is 4.84. The van der Waals surface area contributed by atoms with Crippen molar-refractivity contribution in [1.29, 1.82) is 0 Å². The standard InChI is InChI=1S/C13H8BrNO3S/c1-2-5-15-12(17)11(19-13(15)18)7-8-6-9(14)3-4-10(8)16/h1,3-4,6-7,16H,5H2/b11-7+. The Hall–Kier alpha value is -1.71. The fourth-order valence-corrected chi connectivity index (χ4v) is 2.72. The lowest BCUT2D eigenvalue weighted by molar-refractivity contribution is -0.122. The number of phenolic OH excluding ortho intramolecular Hbond substituents is 1. The number of benzene rings is 1. The maximum Gasteiger partial charge on any atom is 0.294 e. The largest absolute Gasteiger partial charge is 0.507 e. The molecule has 0 atom stereocenters. The van der Waals surface area contributed by atoms with Gasteiger partial charge in [-0.1, -0.05) is 21.9 Å². The van der Waals surface area contributed by atoms with Gasteiger partial charge in [-0.15, -0.1) is 6.42 Å². The summed E-state index contributed by atoms with van der Waals surface area (Å²) in [5.74, 6) is 1.86. The molecule has 0 saturated carbocycles. The van der Waals surface area contributed by atoms with E-state index in [0.29, 0.717) is 5.56 Å². The quantitative estimate of drug-likeness (QED) is 0.666. The van der Waals surface area contributed by atoms with Crippen LogP contribution in [0.2, 0.25) is 0 Å². The maximum absolute atomic E-state index is 11.9. The van der Waals surface area contributed by atoms with Crippen LogP contribution in [0.1, 0.15) is 5.56 Å². The number of terminal acetylenes is 1. The zero-order valence-corrected chi connectivity index (χ0v) is 12.0. The molecule has 96 valence electrons. The van der Waals surface area contributed by atoms with E-state index < -0.39 is 11.1 Å². The summed E-state index contributed by atoms with van der Waals surface area (Å²) >= 11 is 4.08. The van der Waals surface area contributed by atoms with Gasteiger partial charge < -0.3 is 5.11 Å². The van der Waals surface area contributed by atoms with Crippen LogP contribution in [0.3, 0.4) is 0 Å². The number of amides is 2. The predicted molar refractivity (Wildman–Crippen MR) is 77.3 cm³/mol. The minimum atomic E-state index is -0.438. The summed E-state index contributed by atoms with van der Waals surface area (Å²) in [5.41, 5.74) is 0.459. The summed E-state index contributed by atoms with van der Waals surface area (Å²) in [7, 11) is 0. The number of halogens is 1. The van der Waals surface area contributed by atoms with Crippen molar-refractivity contribution in [2.45, 2.75) is 0 Å². The predicted octanol–water partition coefficient (Wildman–Crippen LogP) is 2.82. The highest BCUT2D eigenvalue weighted by molar-refractivity contribution is 9.10. The first-order chi connectivity index (χ1) is 9.02. The van der Waals surface area contributed by atoms with Crippen molar-refractivity contribution in [3.63, 3.8) is 0 Å². The smallest absolute Gasteiger partial charge is 0.294 e. The molecule has 1 saturated heterocycles. The first kappa shape index (κ1) is 13.7. The van der Waals surface area contributed by atoms with Crippen molar-refractivity contribution in [3.8, 4) is 18.1 Å². The SMILES string of the molecule is C#CCN1C(=O)S/C(=C/c2cc(Br)ccc2O)C1=O. The summed E-state index contributed by atoms with van der Waals surface area (Å²) in [6.45, 7) is -0.0491. The van der Waals surface area contributed by atoms with Crippen molar-refractivity contribution in [2.75, 3.05) is 6.54 Å². The van der Waals surface area contributed by atoms with Crippen molar-refractivity contribution >= 4 is 44.9 Å². The van der Waals surface area contributed by atoms with E-state index in [9.17, 15) is 14.7 Å². The highest BCUT2D eigenvalue weighted by atomic mass is 79.9. The molecule has 0 radical (unpaired) electrons. The molecular weight excluding hydrogens is 330 g/mol. The van der Waals surface area contributed by atoms with Gasteiger partial charge in [0.15, 0.2) is 0 Å². The minimum Gasteiger partial charge on any atom is -0.507 e. The Bertz CT molecular complexity index is 633. The number of rotatable bonds is 2. The molecule has 1 aromatic carbocycles.